The van der Waals surface area contributed by atoms with Crippen LogP contribution in [0.15, 0.2) is 10.5 Å². The van der Waals surface area contributed by atoms with Gasteiger partial charge in [-0.05, 0) is 43.1 Å². The number of piperazine rings is 1. The van der Waals surface area contributed by atoms with E-state index in [2.05, 4.69) is 30.9 Å². The molecule has 2 aliphatic heterocycles. The number of rotatable bonds is 4. The molecular weight excluding hydrogens is 510 g/mol. The number of aromatic nitrogens is 4. The molecule has 1 atom stereocenters. The number of fused-ring (bicyclic) bond motifs is 2. The van der Waals surface area contributed by atoms with Crippen LogP contribution in [0.25, 0.3) is 5.65 Å². The summed E-state index contributed by atoms with van der Waals surface area (Å²) in [6, 6.07) is 1.96. The zero-order chi connectivity index (χ0) is 23.4. The van der Waals surface area contributed by atoms with E-state index >= 15 is 0 Å². The van der Waals surface area contributed by atoms with E-state index in [0.29, 0.717) is 43.3 Å². The van der Waals surface area contributed by atoms with Gasteiger partial charge < -0.3 is 14.9 Å². The van der Waals surface area contributed by atoms with Crippen molar-refractivity contribution < 1.29 is 14.7 Å². The van der Waals surface area contributed by atoms with Crippen LogP contribution in [-0.2, 0) is 11.3 Å². The summed E-state index contributed by atoms with van der Waals surface area (Å²) >= 11 is 5.07. The number of amides is 2. The molecule has 0 aromatic carbocycles. The fourth-order valence-corrected chi connectivity index (χ4v) is 5.87. The Labute approximate surface area is 203 Å². The number of carbonyl (C=O) groups is 2. The lowest BCUT2D eigenvalue weighted by Crippen LogP contribution is -2.51. The summed E-state index contributed by atoms with van der Waals surface area (Å²) in [6.45, 7) is 7.81. The molecule has 12 heteroatoms. The van der Waals surface area contributed by atoms with Crippen LogP contribution in [0.4, 0.5) is 16.4 Å². The molecule has 0 aliphatic carbocycles. The molecule has 5 heterocycles. The van der Waals surface area contributed by atoms with Gasteiger partial charge in [-0.2, -0.15) is 9.61 Å². The van der Waals surface area contributed by atoms with Crippen LogP contribution in [-0.4, -0.2) is 67.3 Å². The lowest BCUT2D eigenvalue weighted by atomic mass is 10.1. The van der Waals surface area contributed by atoms with Gasteiger partial charge in [0.25, 0.3) is 0 Å². The van der Waals surface area contributed by atoms with Crippen molar-refractivity contribution >= 4 is 56.6 Å². The quantitative estimate of drug-likeness (QED) is 0.547. The highest BCUT2D eigenvalue weighted by Crippen LogP contribution is 2.32. The number of halogens is 1. The summed E-state index contributed by atoms with van der Waals surface area (Å²) in [7, 11) is 0. The first kappa shape index (κ1) is 22.1. The van der Waals surface area contributed by atoms with Crippen molar-refractivity contribution in [3.8, 4) is 0 Å². The number of nitrogens with zero attached hydrogens (tertiary/aromatic N) is 7. The highest BCUT2D eigenvalue weighted by molar-refractivity contribution is 9.10. The Morgan fingerprint density at radius 2 is 2.06 bits per heavy atom. The van der Waals surface area contributed by atoms with E-state index in [1.165, 1.54) is 16.2 Å². The van der Waals surface area contributed by atoms with Crippen molar-refractivity contribution in [2.75, 3.05) is 29.4 Å². The Bertz CT molecular complexity index is 1270. The Morgan fingerprint density at radius 1 is 1.27 bits per heavy atom. The average molecular weight is 534 g/mol. The van der Waals surface area contributed by atoms with Crippen LogP contribution in [0.2, 0.25) is 0 Å². The van der Waals surface area contributed by atoms with Crippen LogP contribution in [0.1, 0.15) is 34.1 Å². The average Bonchev–Trinajstić information content (AvgIpc) is 3.40. The molecule has 0 saturated carbocycles. The molecule has 0 spiro atoms. The summed E-state index contributed by atoms with van der Waals surface area (Å²) in [5, 5.41) is 15.6. The minimum absolute atomic E-state index is 0.168. The zero-order valence-corrected chi connectivity index (χ0v) is 21.0. The number of hydrogen-bond donors (Lipinski definition) is 1. The molecule has 2 saturated heterocycles. The van der Waals surface area contributed by atoms with Crippen LogP contribution >= 0.6 is 27.3 Å². The highest BCUT2D eigenvalue weighted by atomic mass is 79.9. The fraction of sp³-hybridized carbons (Fsp3) is 0.476. The van der Waals surface area contributed by atoms with Crippen molar-refractivity contribution in [3.63, 3.8) is 0 Å². The van der Waals surface area contributed by atoms with Crippen LogP contribution in [0.5, 0.6) is 0 Å². The minimum Gasteiger partial charge on any atom is -0.465 e. The molecule has 2 aliphatic rings. The van der Waals surface area contributed by atoms with Gasteiger partial charge in [-0.25, -0.2) is 14.8 Å². The topological polar surface area (TPSA) is 107 Å². The van der Waals surface area contributed by atoms with Crippen LogP contribution in [0.3, 0.4) is 0 Å². The third-order valence-electron chi connectivity index (χ3n) is 6.29. The van der Waals surface area contributed by atoms with E-state index in [1.807, 2.05) is 25.7 Å². The first-order chi connectivity index (χ1) is 15.7. The predicted molar refractivity (Wildman–Crippen MR) is 128 cm³/mol. The Balaban J connectivity index is 1.58. The minimum atomic E-state index is -1.07. The van der Waals surface area contributed by atoms with Gasteiger partial charge in [0.05, 0.1) is 27.4 Å². The predicted octanol–water partition coefficient (Wildman–Crippen LogP) is 3.37. The van der Waals surface area contributed by atoms with E-state index in [1.54, 1.807) is 10.6 Å². The molecule has 0 radical (unpaired) electrons. The smallest absolute Gasteiger partial charge is 0.413 e. The van der Waals surface area contributed by atoms with E-state index in [-0.39, 0.29) is 18.5 Å². The molecule has 5 rings (SSSR count). The van der Waals surface area contributed by atoms with E-state index < -0.39 is 6.09 Å². The summed E-state index contributed by atoms with van der Waals surface area (Å²) in [5.41, 5.74) is 2.12. The fourth-order valence-electron chi connectivity index (χ4n) is 4.61. The largest absolute Gasteiger partial charge is 0.465 e. The lowest BCUT2D eigenvalue weighted by Gasteiger charge is -2.38. The van der Waals surface area contributed by atoms with Crippen LogP contribution in [0, 0.1) is 20.8 Å². The first-order valence-corrected chi connectivity index (χ1v) is 12.4. The van der Waals surface area contributed by atoms with Crippen molar-refractivity contribution in [2.24, 2.45) is 0 Å². The van der Waals surface area contributed by atoms with Crippen molar-refractivity contribution in [1.82, 2.24) is 24.5 Å². The standard InChI is InChI=1S/C21H24BrN7O3S/c1-11-15(33-13(3)23-11)10-28(21(31)32)17-8-16(24-20-19(22)12(2)25-29(17)20)26-6-7-27-14(9-26)4-5-18(27)30/h8,14H,4-7,9-10H2,1-3H3,(H,31,32). The normalized spacial score (nSPS) is 18.3. The summed E-state index contributed by atoms with van der Waals surface area (Å²) in [4.78, 5) is 40.1. The van der Waals surface area contributed by atoms with Crippen molar-refractivity contribution in [2.45, 2.75) is 46.2 Å². The number of carbonyl (C=O) groups excluding carboxylic acids is 1. The first-order valence-electron chi connectivity index (χ1n) is 10.8. The molecule has 10 nitrogen and oxygen atoms in total. The van der Waals surface area contributed by atoms with Gasteiger partial charge in [0.15, 0.2) is 5.65 Å². The Kier molecular flexibility index (Phi) is 5.52. The van der Waals surface area contributed by atoms with Crippen molar-refractivity contribution in [1.29, 1.82) is 0 Å². The van der Waals surface area contributed by atoms with Gasteiger partial charge in [0, 0.05) is 43.0 Å². The number of thiazole rings is 1. The molecule has 33 heavy (non-hydrogen) atoms. The molecule has 1 N–H and O–H groups in total. The molecule has 0 bridgehead atoms. The number of aryl methyl sites for hydroxylation is 3. The van der Waals surface area contributed by atoms with E-state index in [0.717, 1.165) is 32.2 Å². The van der Waals surface area contributed by atoms with Gasteiger partial charge in [-0.3, -0.25) is 9.69 Å². The third kappa shape index (κ3) is 3.84. The maximum Gasteiger partial charge on any atom is 0.413 e. The molecule has 3 aromatic heterocycles. The Hall–Kier alpha value is -2.73. The Morgan fingerprint density at radius 3 is 2.76 bits per heavy atom. The van der Waals surface area contributed by atoms with Crippen LogP contribution < -0.4 is 9.80 Å². The maximum atomic E-state index is 12.4. The molecule has 3 aromatic rings. The second kappa shape index (κ2) is 8.24. The molecule has 174 valence electrons. The second-order valence-electron chi connectivity index (χ2n) is 8.44. The summed E-state index contributed by atoms with van der Waals surface area (Å²) in [5.74, 6) is 1.32. The monoisotopic (exact) mass is 533 g/mol. The third-order valence-corrected chi connectivity index (χ3v) is 8.27. The SMILES string of the molecule is Cc1nc(C)c(CN(C(=O)O)c2cc(N3CCN4C(=O)CCC4C3)nc3c(Br)c(C)nn23)s1. The number of anilines is 2. The number of carboxylic acid groups (broad SMARTS) is 1. The molecule has 1 unspecified atom stereocenters. The molecular formula is C21H24BrN7O3S. The molecule has 2 fully saturated rings. The number of hydrogen-bond acceptors (Lipinski definition) is 7. The van der Waals surface area contributed by atoms with Gasteiger partial charge >= 0.3 is 6.09 Å². The van der Waals surface area contributed by atoms with E-state index in [9.17, 15) is 14.7 Å². The van der Waals surface area contributed by atoms with Gasteiger partial charge in [-0.1, -0.05) is 0 Å². The highest BCUT2D eigenvalue weighted by Gasteiger charge is 2.36. The van der Waals surface area contributed by atoms with Gasteiger partial charge in [0.1, 0.15) is 11.6 Å². The maximum absolute atomic E-state index is 12.4. The van der Waals surface area contributed by atoms with Gasteiger partial charge in [-0.15, -0.1) is 11.3 Å². The second-order valence-corrected chi connectivity index (χ2v) is 10.5. The summed E-state index contributed by atoms with van der Waals surface area (Å²) in [6.07, 6.45) is 0.351. The lowest BCUT2D eigenvalue weighted by molar-refractivity contribution is -0.129. The van der Waals surface area contributed by atoms with E-state index in [4.69, 9.17) is 4.98 Å². The zero-order valence-electron chi connectivity index (χ0n) is 18.6. The summed E-state index contributed by atoms with van der Waals surface area (Å²) < 4.78 is 2.31. The van der Waals surface area contributed by atoms with Gasteiger partial charge in [0.2, 0.25) is 5.91 Å². The van der Waals surface area contributed by atoms with Crippen molar-refractivity contribution in [3.05, 3.63) is 31.8 Å². The molecule has 2 amide bonds.